The highest BCUT2D eigenvalue weighted by Crippen LogP contribution is 2.17. The van der Waals surface area contributed by atoms with Gasteiger partial charge >= 0.3 is 5.97 Å². The van der Waals surface area contributed by atoms with Gasteiger partial charge in [0.15, 0.2) is 0 Å². The van der Waals surface area contributed by atoms with Crippen LogP contribution in [-0.4, -0.2) is 55.4 Å². The normalized spacial score (nSPS) is 22.9. The number of rotatable bonds is 5. The Hall–Kier alpha value is -0.660. The second-order valence-electron chi connectivity index (χ2n) is 4.61. The van der Waals surface area contributed by atoms with Gasteiger partial charge in [-0.25, -0.2) is 8.42 Å². The highest BCUT2D eigenvalue weighted by Gasteiger charge is 2.34. The highest BCUT2D eigenvalue weighted by atomic mass is 32.2. The summed E-state index contributed by atoms with van der Waals surface area (Å²) in [5.74, 6) is -0.943. The van der Waals surface area contributed by atoms with Crippen molar-refractivity contribution in [3.63, 3.8) is 0 Å². The predicted octanol–water partition coefficient (Wildman–Crippen LogP) is 0.148. The summed E-state index contributed by atoms with van der Waals surface area (Å²) in [6.45, 7) is 4.37. The Morgan fingerprint density at radius 2 is 2.18 bits per heavy atom. The third-order valence-electron chi connectivity index (χ3n) is 2.49. The van der Waals surface area contributed by atoms with Gasteiger partial charge in [-0.15, -0.1) is 0 Å². The van der Waals surface area contributed by atoms with Crippen LogP contribution < -0.4 is 0 Å². The second-order valence-corrected chi connectivity index (χ2v) is 6.58. The molecule has 0 amide bonds. The molecule has 100 valence electrons. The highest BCUT2D eigenvalue weighted by molar-refractivity contribution is 7.89. The number of carboxylic acid groups (broad SMARTS) is 1. The maximum Gasteiger partial charge on any atom is 0.305 e. The van der Waals surface area contributed by atoms with Gasteiger partial charge in [0.2, 0.25) is 10.0 Å². The summed E-state index contributed by atoms with van der Waals surface area (Å²) in [5.41, 5.74) is 0. The summed E-state index contributed by atoms with van der Waals surface area (Å²) in [4.78, 5) is 10.7. The fourth-order valence-electron chi connectivity index (χ4n) is 1.89. The molecule has 0 aromatic heterocycles. The summed E-state index contributed by atoms with van der Waals surface area (Å²) >= 11 is 0. The molecule has 0 radical (unpaired) electrons. The number of aliphatic carboxylic acids is 1. The number of hydrogen-bond donors (Lipinski definition) is 1. The summed E-state index contributed by atoms with van der Waals surface area (Å²) in [6, 6.07) is -0.579. The third-order valence-corrected chi connectivity index (χ3v) is 4.77. The molecule has 1 aliphatic heterocycles. The van der Waals surface area contributed by atoms with Gasteiger partial charge in [-0.05, 0) is 5.92 Å². The van der Waals surface area contributed by atoms with Crippen molar-refractivity contribution >= 4 is 16.0 Å². The Bertz CT molecular complexity index is 365. The number of ether oxygens (including phenoxy) is 1. The van der Waals surface area contributed by atoms with Crippen molar-refractivity contribution in [2.75, 3.05) is 25.5 Å². The van der Waals surface area contributed by atoms with E-state index in [0.717, 1.165) is 0 Å². The molecule has 1 rings (SSSR count). The summed E-state index contributed by atoms with van der Waals surface area (Å²) in [6.07, 6.45) is -0.211. The average Bonchev–Trinajstić information content (AvgIpc) is 2.15. The SMILES string of the molecule is CC(C)CS(=O)(=O)N1CCOCC1CC(=O)O. The van der Waals surface area contributed by atoms with Gasteiger partial charge in [-0.3, -0.25) is 4.79 Å². The molecular weight excluding hydrogens is 246 g/mol. The first-order chi connectivity index (χ1) is 7.83. The minimum Gasteiger partial charge on any atom is -0.481 e. The maximum atomic E-state index is 12.1. The first-order valence-corrected chi connectivity index (χ1v) is 7.23. The number of sulfonamides is 1. The van der Waals surface area contributed by atoms with E-state index in [1.165, 1.54) is 4.31 Å². The smallest absolute Gasteiger partial charge is 0.305 e. The lowest BCUT2D eigenvalue weighted by Gasteiger charge is -2.34. The Morgan fingerprint density at radius 3 is 2.71 bits per heavy atom. The van der Waals surface area contributed by atoms with Gasteiger partial charge in [0, 0.05) is 6.54 Å². The molecule has 0 aromatic rings. The lowest BCUT2D eigenvalue weighted by Crippen LogP contribution is -2.50. The molecule has 1 heterocycles. The van der Waals surface area contributed by atoms with E-state index in [-0.39, 0.29) is 31.2 Å². The van der Waals surface area contributed by atoms with Crippen molar-refractivity contribution in [1.29, 1.82) is 0 Å². The van der Waals surface area contributed by atoms with Gasteiger partial charge < -0.3 is 9.84 Å². The minimum absolute atomic E-state index is 0.0216. The average molecular weight is 265 g/mol. The molecule has 1 N–H and O–H groups in total. The van der Waals surface area contributed by atoms with Gasteiger partial charge in [-0.1, -0.05) is 13.8 Å². The molecule has 1 aliphatic rings. The van der Waals surface area contributed by atoms with Gasteiger partial charge in [0.05, 0.1) is 31.4 Å². The van der Waals surface area contributed by atoms with E-state index in [1.807, 2.05) is 13.8 Å². The fraction of sp³-hybridized carbons (Fsp3) is 0.900. The number of carboxylic acids is 1. The molecule has 1 saturated heterocycles. The summed E-state index contributed by atoms with van der Waals surface area (Å²) in [7, 11) is -3.39. The Morgan fingerprint density at radius 1 is 1.53 bits per heavy atom. The summed E-state index contributed by atoms with van der Waals surface area (Å²) in [5, 5.41) is 8.75. The molecule has 1 unspecified atom stereocenters. The first kappa shape index (κ1) is 14.4. The van der Waals surface area contributed by atoms with Crippen molar-refractivity contribution in [2.45, 2.75) is 26.3 Å². The van der Waals surface area contributed by atoms with E-state index in [1.54, 1.807) is 0 Å². The van der Waals surface area contributed by atoms with E-state index in [4.69, 9.17) is 9.84 Å². The molecule has 1 atom stereocenters. The van der Waals surface area contributed by atoms with Crippen LogP contribution in [-0.2, 0) is 19.6 Å². The zero-order valence-corrected chi connectivity index (χ0v) is 10.9. The van der Waals surface area contributed by atoms with E-state index >= 15 is 0 Å². The standard InChI is InChI=1S/C10H19NO5S/c1-8(2)7-17(14,15)11-3-4-16-6-9(11)5-10(12)13/h8-9H,3-7H2,1-2H3,(H,12,13). The van der Waals surface area contributed by atoms with Crippen LogP contribution in [0.15, 0.2) is 0 Å². The third kappa shape index (κ3) is 4.25. The Kier molecular flexibility index (Phi) is 4.91. The predicted molar refractivity (Wildman–Crippen MR) is 62.2 cm³/mol. The summed E-state index contributed by atoms with van der Waals surface area (Å²) < 4.78 is 30.6. The van der Waals surface area contributed by atoms with Crippen molar-refractivity contribution in [3.05, 3.63) is 0 Å². The number of nitrogens with zero attached hydrogens (tertiary/aromatic N) is 1. The van der Waals surface area contributed by atoms with E-state index < -0.39 is 22.0 Å². The van der Waals surface area contributed by atoms with E-state index in [9.17, 15) is 13.2 Å². The van der Waals surface area contributed by atoms with Crippen LogP contribution in [0, 0.1) is 5.92 Å². The molecular formula is C10H19NO5S. The van der Waals surface area contributed by atoms with Gasteiger partial charge in [0.1, 0.15) is 0 Å². The topological polar surface area (TPSA) is 83.9 Å². The van der Waals surface area contributed by atoms with Crippen LogP contribution in [0.2, 0.25) is 0 Å². The van der Waals surface area contributed by atoms with Crippen LogP contribution in [0.4, 0.5) is 0 Å². The lowest BCUT2D eigenvalue weighted by atomic mass is 10.2. The van der Waals surface area contributed by atoms with E-state index in [0.29, 0.717) is 6.61 Å². The lowest BCUT2D eigenvalue weighted by molar-refractivity contribution is -0.139. The van der Waals surface area contributed by atoms with Crippen LogP contribution in [0.25, 0.3) is 0 Å². The monoisotopic (exact) mass is 265 g/mol. The molecule has 0 bridgehead atoms. The van der Waals surface area contributed by atoms with Crippen LogP contribution in [0.5, 0.6) is 0 Å². The molecule has 0 aliphatic carbocycles. The quantitative estimate of drug-likeness (QED) is 0.765. The van der Waals surface area contributed by atoms with Crippen molar-refractivity contribution < 1.29 is 23.1 Å². The Balaban J connectivity index is 2.80. The molecule has 6 nitrogen and oxygen atoms in total. The largest absolute Gasteiger partial charge is 0.481 e. The molecule has 0 saturated carbocycles. The maximum absolute atomic E-state index is 12.1. The van der Waals surface area contributed by atoms with Crippen molar-refractivity contribution in [3.8, 4) is 0 Å². The number of morpholine rings is 1. The zero-order chi connectivity index (χ0) is 13.1. The first-order valence-electron chi connectivity index (χ1n) is 5.62. The van der Waals surface area contributed by atoms with Crippen LogP contribution in [0.1, 0.15) is 20.3 Å². The minimum atomic E-state index is -3.39. The molecule has 0 spiro atoms. The van der Waals surface area contributed by atoms with Crippen LogP contribution >= 0.6 is 0 Å². The molecule has 0 aromatic carbocycles. The van der Waals surface area contributed by atoms with Crippen molar-refractivity contribution in [1.82, 2.24) is 4.31 Å². The molecule has 17 heavy (non-hydrogen) atoms. The zero-order valence-electron chi connectivity index (χ0n) is 10.1. The number of carbonyl (C=O) groups is 1. The second kappa shape index (κ2) is 5.79. The van der Waals surface area contributed by atoms with E-state index in [2.05, 4.69) is 0 Å². The molecule has 7 heteroatoms. The van der Waals surface area contributed by atoms with Gasteiger partial charge in [0.25, 0.3) is 0 Å². The molecule has 1 fully saturated rings. The van der Waals surface area contributed by atoms with Crippen molar-refractivity contribution in [2.24, 2.45) is 5.92 Å². The van der Waals surface area contributed by atoms with Crippen LogP contribution in [0.3, 0.4) is 0 Å². The Labute approximate surface area is 102 Å². The van der Waals surface area contributed by atoms with Gasteiger partial charge in [-0.2, -0.15) is 4.31 Å². The fourth-order valence-corrected chi connectivity index (χ4v) is 3.86. The number of hydrogen-bond acceptors (Lipinski definition) is 4.